The molecule has 1 fully saturated rings. The normalized spacial score (nSPS) is 20.8. The molecule has 0 aromatic heterocycles. The molecule has 6 nitrogen and oxygen atoms in total. The van der Waals surface area contributed by atoms with E-state index in [4.69, 9.17) is 9.47 Å². The van der Waals surface area contributed by atoms with Gasteiger partial charge in [-0.15, -0.1) is 0 Å². The van der Waals surface area contributed by atoms with E-state index in [9.17, 15) is 14.7 Å². The van der Waals surface area contributed by atoms with Crippen LogP contribution in [0, 0.1) is 5.92 Å². The van der Waals surface area contributed by atoms with Gasteiger partial charge in [0.25, 0.3) is 0 Å². The molecule has 0 bridgehead atoms. The first kappa shape index (κ1) is 18.1. The van der Waals surface area contributed by atoms with Crippen LogP contribution in [0.25, 0.3) is 0 Å². The summed E-state index contributed by atoms with van der Waals surface area (Å²) in [7, 11) is 1.61. The quantitative estimate of drug-likeness (QED) is 0.915. The maximum absolute atomic E-state index is 12.3. The van der Waals surface area contributed by atoms with Gasteiger partial charge in [0.2, 0.25) is 0 Å². The Hall–Kier alpha value is -2.24. The van der Waals surface area contributed by atoms with Crippen LogP contribution < -0.4 is 4.74 Å². The summed E-state index contributed by atoms with van der Waals surface area (Å²) in [6.45, 7) is 5.70. The fraction of sp³-hybridized carbons (Fsp3) is 0.556. The lowest BCUT2D eigenvalue weighted by Crippen LogP contribution is -2.43. The van der Waals surface area contributed by atoms with Gasteiger partial charge < -0.3 is 14.6 Å². The summed E-state index contributed by atoms with van der Waals surface area (Å²) >= 11 is 0. The molecule has 2 rings (SSSR count). The van der Waals surface area contributed by atoms with Gasteiger partial charge in [0.1, 0.15) is 17.4 Å². The van der Waals surface area contributed by atoms with Crippen molar-refractivity contribution in [2.24, 2.45) is 5.92 Å². The maximum Gasteiger partial charge on any atom is 0.411 e. The molecule has 1 saturated heterocycles. The largest absolute Gasteiger partial charge is 0.497 e. The molecule has 6 heteroatoms. The van der Waals surface area contributed by atoms with Crippen molar-refractivity contribution in [1.29, 1.82) is 0 Å². The monoisotopic (exact) mass is 335 g/mol. The van der Waals surface area contributed by atoms with Crippen LogP contribution in [0.15, 0.2) is 24.3 Å². The molecule has 0 saturated carbocycles. The van der Waals surface area contributed by atoms with Gasteiger partial charge in [0.05, 0.1) is 7.11 Å². The number of likely N-dealkylation sites (tertiary alicyclic amines) is 1. The summed E-state index contributed by atoms with van der Waals surface area (Å²) in [5.74, 6) is -0.117. The van der Waals surface area contributed by atoms with Crippen molar-refractivity contribution in [3.63, 3.8) is 0 Å². The topological polar surface area (TPSA) is 76.1 Å². The van der Waals surface area contributed by atoms with E-state index in [-0.39, 0.29) is 5.92 Å². The summed E-state index contributed by atoms with van der Waals surface area (Å²) < 4.78 is 10.5. The Morgan fingerprint density at radius 3 is 2.38 bits per heavy atom. The van der Waals surface area contributed by atoms with E-state index in [1.54, 1.807) is 27.9 Å². The van der Waals surface area contributed by atoms with E-state index in [1.165, 1.54) is 4.90 Å². The van der Waals surface area contributed by atoms with Gasteiger partial charge in [-0.3, -0.25) is 4.90 Å². The highest BCUT2D eigenvalue weighted by Gasteiger charge is 2.41. The minimum Gasteiger partial charge on any atom is -0.497 e. The Bertz CT molecular complexity index is 590. The number of hydrogen-bond acceptors (Lipinski definition) is 4. The SMILES string of the molecule is COc1ccc(CC2CC(C(=O)O)N(C(=O)OC(C)(C)C)C2)cc1. The van der Waals surface area contributed by atoms with E-state index >= 15 is 0 Å². The number of benzene rings is 1. The lowest BCUT2D eigenvalue weighted by Gasteiger charge is -2.26. The van der Waals surface area contributed by atoms with E-state index in [0.29, 0.717) is 19.4 Å². The van der Waals surface area contributed by atoms with Gasteiger partial charge >= 0.3 is 12.1 Å². The minimum absolute atomic E-state index is 0.0898. The minimum atomic E-state index is -0.988. The van der Waals surface area contributed by atoms with Crippen molar-refractivity contribution >= 4 is 12.1 Å². The summed E-state index contributed by atoms with van der Waals surface area (Å²) in [6, 6.07) is 6.85. The molecular weight excluding hydrogens is 310 g/mol. The van der Waals surface area contributed by atoms with Crippen molar-refractivity contribution in [1.82, 2.24) is 4.90 Å². The smallest absolute Gasteiger partial charge is 0.411 e. The molecule has 0 aliphatic carbocycles. The molecule has 24 heavy (non-hydrogen) atoms. The summed E-state index contributed by atoms with van der Waals surface area (Å²) in [5, 5.41) is 9.42. The van der Waals surface area contributed by atoms with Gasteiger partial charge in [-0.2, -0.15) is 0 Å². The number of aliphatic carboxylic acids is 1. The lowest BCUT2D eigenvalue weighted by atomic mass is 9.97. The van der Waals surface area contributed by atoms with Crippen LogP contribution in [0.5, 0.6) is 5.75 Å². The summed E-state index contributed by atoms with van der Waals surface area (Å²) in [6.07, 6.45) is 0.584. The van der Waals surface area contributed by atoms with E-state index in [1.807, 2.05) is 24.3 Å². The second-order valence-electron chi connectivity index (χ2n) is 7.14. The van der Waals surface area contributed by atoms with E-state index < -0.39 is 23.7 Å². The highest BCUT2D eigenvalue weighted by molar-refractivity contribution is 5.81. The van der Waals surface area contributed by atoms with Crippen LogP contribution >= 0.6 is 0 Å². The van der Waals surface area contributed by atoms with Crippen molar-refractivity contribution in [2.75, 3.05) is 13.7 Å². The van der Waals surface area contributed by atoms with Crippen LogP contribution in [-0.4, -0.2) is 47.4 Å². The third kappa shape index (κ3) is 4.63. The van der Waals surface area contributed by atoms with Gasteiger partial charge in [0, 0.05) is 6.54 Å². The van der Waals surface area contributed by atoms with Crippen molar-refractivity contribution in [3.05, 3.63) is 29.8 Å². The van der Waals surface area contributed by atoms with Gasteiger partial charge in [-0.1, -0.05) is 12.1 Å². The third-order valence-electron chi connectivity index (χ3n) is 3.98. The van der Waals surface area contributed by atoms with E-state index in [0.717, 1.165) is 11.3 Å². The average Bonchev–Trinajstić information content (AvgIpc) is 2.90. The first-order valence-corrected chi connectivity index (χ1v) is 8.05. The zero-order valence-electron chi connectivity index (χ0n) is 14.6. The molecule has 1 amide bonds. The second-order valence-corrected chi connectivity index (χ2v) is 7.14. The number of hydrogen-bond donors (Lipinski definition) is 1. The molecule has 1 aliphatic heterocycles. The average molecular weight is 335 g/mol. The molecule has 1 aromatic rings. The highest BCUT2D eigenvalue weighted by atomic mass is 16.6. The lowest BCUT2D eigenvalue weighted by molar-refractivity contribution is -0.142. The van der Waals surface area contributed by atoms with Gasteiger partial charge in [-0.25, -0.2) is 9.59 Å². The summed E-state index contributed by atoms with van der Waals surface area (Å²) in [4.78, 5) is 25.1. The zero-order valence-corrected chi connectivity index (χ0v) is 14.6. The molecule has 132 valence electrons. The van der Waals surface area contributed by atoms with Crippen LogP contribution in [0.2, 0.25) is 0 Å². The fourth-order valence-electron chi connectivity index (χ4n) is 2.92. The molecule has 0 spiro atoms. The number of carboxylic acids is 1. The Balaban J connectivity index is 2.05. The maximum atomic E-state index is 12.3. The molecule has 2 atom stereocenters. The summed E-state index contributed by atoms with van der Waals surface area (Å²) in [5.41, 5.74) is 0.449. The molecule has 0 radical (unpaired) electrons. The van der Waals surface area contributed by atoms with Crippen LogP contribution in [-0.2, 0) is 16.0 Å². The molecule has 1 aliphatic rings. The predicted octanol–water partition coefficient (Wildman–Crippen LogP) is 2.95. The Morgan fingerprint density at radius 1 is 1.25 bits per heavy atom. The third-order valence-corrected chi connectivity index (χ3v) is 3.98. The van der Waals surface area contributed by atoms with Crippen LogP contribution in [0.1, 0.15) is 32.8 Å². The van der Waals surface area contributed by atoms with Crippen molar-refractivity contribution in [3.8, 4) is 5.75 Å². The molecule has 2 unspecified atom stereocenters. The number of carboxylic acid groups (broad SMARTS) is 1. The van der Waals surface area contributed by atoms with Crippen LogP contribution in [0.3, 0.4) is 0 Å². The van der Waals surface area contributed by atoms with Gasteiger partial charge in [0.15, 0.2) is 0 Å². The number of carbonyl (C=O) groups is 2. The number of methoxy groups -OCH3 is 1. The molecule has 1 heterocycles. The first-order valence-electron chi connectivity index (χ1n) is 8.05. The second kappa shape index (κ2) is 7.11. The molecule has 1 aromatic carbocycles. The molecule has 1 N–H and O–H groups in total. The van der Waals surface area contributed by atoms with Crippen molar-refractivity contribution < 1.29 is 24.2 Å². The predicted molar refractivity (Wildman–Crippen MR) is 89.2 cm³/mol. The Kier molecular flexibility index (Phi) is 5.36. The van der Waals surface area contributed by atoms with Gasteiger partial charge in [-0.05, 0) is 57.2 Å². The highest BCUT2D eigenvalue weighted by Crippen LogP contribution is 2.28. The number of rotatable bonds is 4. The number of carbonyl (C=O) groups excluding carboxylic acids is 1. The zero-order chi connectivity index (χ0) is 17.9. The standard InChI is InChI=1S/C18H25NO5/c1-18(2,3)24-17(22)19-11-13(10-15(19)16(20)21)9-12-5-7-14(23-4)8-6-12/h5-8,13,15H,9-11H2,1-4H3,(H,20,21). The van der Waals surface area contributed by atoms with E-state index in [2.05, 4.69) is 0 Å². The van der Waals surface area contributed by atoms with Crippen LogP contribution in [0.4, 0.5) is 4.79 Å². The number of amides is 1. The Labute approximate surface area is 142 Å². The Morgan fingerprint density at radius 2 is 1.88 bits per heavy atom. The van der Waals surface area contributed by atoms with Crippen molar-refractivity contribution in [2.45, 2.75) is 45.3 Å². The first-order chi connectivity index (χ1) is 11.2. The number of ether oxygens (including phenoxy) is 2. The fourth-order valence-corrected chi connectivity index (χ4v) is 2.92. The molecular formula is C18H25NO5. The number of nitrogens with zero attached hydrogens (tertiary/aromatic N) is 1.